The number of ether oxygens (including phenoxy) is 3. The van der Waals surface area contributed by atoms with Crippen LogP contribution in [0.15, 0.2) is 53.4 Å². The maximum atomic E-state index is 12.0. The Morgan fingerprint density at radius 2 is 1.33 bits per heavy atom. The van der Waals surface area contributed by atoms with Crippen LogP contribution in [0.2, 0.25) is 0 Å². The molecule has 0 saturated carbocycles. The first kappa shape index (κ1) is 22.1. The first-order chi connectivity index (χ1) is 13.0. The minimum Gasteiger partial charge on any atom is -0.491 e. The van der Waals surface area contributed by atoms with Crippen molar-refractivity contribution in [1.29, 1.82) is 0 Å². The van der Waals surface area contributed by atoms with E-state index in [4.69, 9.17) is 18.4 Å². The number of aryl methyl sites for hydroxylation is 1. The van der Waals surface area contributed by atoms with Gasteiger partial charge in [-0.3, -0.25) is 4.18 Å². The van der Waals surface area contributed by atoms with Crippen LogP contribution in [-0.2, 0) is 23.8 Å². The highest BCUT2D eigenvalue weighted by Crippen LogP contribution is 2.14. The van der Waals surface area contributed by atoms with Crippen LogP contribution in [0, 0.1) is 10.5 Å². The second-order valence-corrected chi connectivity index (χ2v) is 8.48. The third-order valence-electron chi connectivity index (χ3n) is 3.46. The molecular weight excluding hydrogens is 483 g/mol. The molecule has 0 aliphatic heterocycles. The average Bonchev–Trinajstić information content (AvgIpc) is 2.65. The minimum absolute atomic E-state index is 0.0356. The zero-order chi connectivity index (χ0) is 19.5. The summed E-state index contributed by atoms with van der Waals surface area (Å²) in [4.78, 5) is 0.143. The van der Waals surface area contributed by atoms with E-state index in [1.807, 2.05) is 31.2 Å². The topological polar surface area (TPSA) is 71.1 Å². The fourth-order valence-electron chi connectivity index (χ4n) is 2.05. The van der Waals surface area contributed by atoms with Crippen molar-refractivity contribution in [3.8, 4) is 5.75 Å². The number of halogens is 1. The van der Waals surface area contributed by atoms with Gasteiger partial charge >= 0.3 is 0 Å². The maximum absolute atomic E-state index is 12.0. The molecule has 0 N–H and O–H groups in total. The quantitative estimate of drug-likeness (QED) is 0.250. The third kappa shape index (κ3) is 8.56. The van der Waals surface area contributed by atoms with Gasteiger partial charge < -0.3 is 14.2 Å². The van der Waals surface area contributed by atoms with Crippen molar-refractivity contribution in [3.63, 3.8) is 0 Å². The van der Waals surface area contributed by atoms with Gasteiger partial charge in [-0.25, -0.2) is 0 Å². The van der Waals surface area contributed by atoms with E-state index in [0.717, 1.165) is 14.9 Å². The Morgan fingerprint density at radius 1 is 0.778 bits per heavy atom. The highest BCUT2D eigenvalue weighted by molar-refractivity contribution is 14.1. The van der Waals surface area contributed by atoms with Gasteiger partial charge in [-0.2, -0.15) is 8.42 Å². The van der Waals surface area contributed by atoms with E-state index < -0.39 is 10.1 Å². The van der Waals surface area contributed by atoms with Gasteiger partial charge in [-0.05, 0) is 65.9 Å². The van der Waals surface area contributed by atoms with Crippen LogP contribution in [0.1, 0.15) is 5.56 Å². The summed E-state index contributed by atoms with van der Waals surface area (Å²) in [5.74, 6) is 0.808. The predicted molar refractivity (Wildman–Crippen MR) is 111 cm³/mol. The molecule has 0 radical (unpaired) electrons. The first-order valence-electron chi connectivity index (χ1n) is 8.47. The molecule has 0 amide bonds. The molecule has 0 atom stereocenters. The molecule has 8 heteroatoms. The zero-order valence-corrected chi connectivity index (χ0v) is 18.1. The van der Waals surface area contributed by atoms with Crippen LogP contribution in [0.4, 0.5) is 0 Å². The van der Waals surface area contributed by atoms with Crippen LogP contribution in [0.25, 0.3) is 0 Å². The standard InChI is InChI=1S/C19H23IO6S/c1-16-2-8-19(9-3-16)27(21,22)26-15-13-24-11-10-23-12-14-25-18-6-4-17(20)5-7-18/h2-9H,10-15H2,1H3. The van der Waals surface area contributed by atoms with Gasteiger partial charge in [0, 0.05) is 3.57 Å². The molecule has 0 aromatic heterocycles. The van der Waals surface area contributed by atoms with Gasteiger partial charge in [0.25, 0.3) is 10.1 Å². The largest absolute Gasteiger partial charge is 0.491 e. The van der Waals surface area contributed by atoms with Crippen LogP contribution in [0.3, 0.4) is 0 Å². The average molecular weight is 506 g/mol. The van der Waals surface area contributed by atoms with Crippen LogP contribution >= 0.6 is 22.6 Å². The second kappa shape index (κ2) is 11.6. The highest BCUT2D eigenvalue weighted by atomic mass is 127. The van der Waals surface area contributed by atoms with Crippen molar-refractivity contribution in [2.75, 3.05) is 39.6 Å². The summed E-state index contributed by atoms with van der Waals surface area (Å²) in [6, 6.07) is 14.3. The van der Waals surface area contributed by atoms with E-state index in [-0.39, 0.29) is 18.1 Å². The molecule has 0 fully saturated rings. The number of benzene rings is 2. The van der Waals surface area contributed by atoms with Crippen molar-refractivity contribution in [2.24, 2.45) is 0 Å². The third-order valence-corrected chi connectivity index (χ3v) is 5.50. The Labute approximate surface area is 174 Å². The summed E-state index contributed by atoms with van der Waals surface area (Å²) >= 11 is 2.24. The van der Waals surface area contributed by atoms with E-state index in [9.17, 15) is 8.42 Å². The molecular formula is C19H23IO6S. The lowest BCUT2D eigenvalue weighted by atomic mass is 10.2. The van der Waals surface area contributed by atoms with Crippen molar-refractivity contribution >= 4 is 32.7 Å². The highest BCUT2D eigenvalue weighted by Gasteiger charge is 2.14. The number of hydrogen-bond acceptors (Lipinski definition) is 6. The molecule has 0 saturated heterocycles. The van der Waals surface area contributed by atoms with Crippen molar-refractivity contribution < 1.29 is 26.8 Å². The van der Waals surface area contributed by atoms with E-state index in [0.29, 0.717) is 26.4 Å². The van der Waals surface area contributed by atoms with E-state index in [1.165, 1.54) is 12.1 Å². The Bertz CT molecular complexity index is 775. The van der Waals surface area contributed by atoms with Crippen LogP contribution in [0.5, 0.6) is 5.75 Å². The van der Waals surface area contributed by atoms with E-state index in [1.54, 1.807) is 12.1 Å². The summed E-state index contributed by atoms with van der Waals surface area (Å²) in [5, 5.41) is 0. The molecule has 2 rings (SSSR count). The first-order valence-corrected chi connectivity index (χ1v) is 11.0. The lowest BCUT2D eigenvalue weighted by molar-refractivity contribution is 0.0279. The Balaban J connectivity index is 1.48. The van der Waals surface area contributed by atoms with Gasteiger partial charge in [0.1, 0.15) is 12.4 Å². The molecule has 0 aliphatic rings. The summed E-state index contributed by atoms with van der Waals surface area (Å²) in [7, 11) is -3.74. The molecule has 27 heavy (non-hydrogen) atoms. The van der Waals surface area contributed by atoms with E-state index in [2.05, 4.69) is 22.6 Å². The number of hydrogen-bond donors (Lipinski definition) is 0. The van der Waals surface area contributed by atoms with Crippen LogP contribution < -0.4 is 4.74 Å². The summed E-state index contributed by atoms with van der Waals surface area (Å²) in [6.45, 7) is 3.70. The molecule has 0 spiro atoms. The second-order valence-electron chi connectivity index (χ2n) is 5.62. The van der Waals surface area contributed by atoms with Gasteiger partial charge in [-0.1, -0.05) is 17.7 Å². The number of rotatable bonds is 12. The zero-order valence-electron chi connectivity index (χ0n) is 15.1. The Hall–Kier alpha value is -1.20. The monoisotopic (exact) mass is 506 g/mol. The SMILES string of the molecule is Cc1ccc(S(=O)(=O)OCCOCCOCCOc2ccc(I)cc2)cc1. The van der Waals surface area contributed by atoms with Crippen LogP contribution in [-0.4, -0.2) is 48.1 Å². The van der Waals surface area contributed by atoms with Crippen molar-refractivity contribution in [3.05, 3.63) is 57.7 Å². The minimum atomic E-state index is -3.74. The Morgan fingerprint density at radius 3 is 1.96 bits per heavy atom. The Kier molecular flexibility index (Phi) is 9.49. The molecule has 2 aromatic rings. The summed E-state index contributed by atoms with van der Waals surface area (Å²) in [5.41, 5.74) is 0.987. The van der Waals surface area contributed by atoms with Gasteiger partial charge in [0.2, 0.25) is 0 Å². The van der Waals surface area contributed by atoms with Crippen molar-refractivity contribution in [2.45, 2.75) is 11.8 Å². The summed E-state index contributed by atoms with van der Waals surface area (Å²) in [6.07, 6.45) is 0. The lowest BCUT2D eigenvalue weighted by Crippen LogP contribution is -2.14. The van der Waals surface area contributed by atoms with Gasteiger partial charge in [0.05, 0.1) is 37.9 Å². The van der Waals surface area contributed by atoms with E-state index >= 15 is 0 Å². The molecule has 0 heterocycles. The molecule has 0 unspecified atom stereocenters. The molecule has 0 aliphatic carbocycles. The molecule has 148 valence electrons. The van der Waals surface area contributed by atoms with Gasteiger partial charge in [-0.15, -0.1) is 0 Å². The molecule has 2 aromatic carbocycles. The normalized spacial score (nSPS) is 11.5. The van der Waals surface area contributed by atoms with Crippen molar-refractivity contribution in [1.82, 2.24) is 0 Å². The maximum Gasteiger partial charge on any atom is 0.297 e. The lowest BCUT2D eigenvalue weighted by Gasteiger charge is -2.08. The van der Waals surface area contributed by atoms with Gasteiger partial charge in [0.15, 0.2) is 0 Å². The fraction of sp³-hybridized carbons (Fsp3) is 0.368. The summed E-state index contributed by atoms with van der Waals surface area (Å²) < 4.78 is 46.3. The smallest absolute Gasteiger partial charge is 0.297 e. The fourth-order valence-corrected chi connectivity index (χ4v) is 3.30. The molecule has 0 bridgehead atoms. The molecule has 6 nitrogen and oxygen atoms in total. The predicted octanol–water partition coefficient (Wildman–Crippen LogP) is 3.42.